The van der Waals surface area contributed by atoms with Gasteiger partial charge >= 0.3 is 0 Å². The van der Waals surface area contributed by atoms with Gasteiger partial charge in [0.25, 0.3) is 0 Å². The molecule has 30 heavy (non-hydrogen) atoms. The van der Waals surface area contributed by atoms with E-state index in [0.717, 1.165) is 22.2 Å². The van der Waals surface area contributed by atoms with Crippen LogP contribution < -0.4 is 10.1 Å². The number of methoxy groups -OCH3 is 1. The molecule has 1 aliphatic rings. The van der Waals surface area contributed by atoms with Crippen LogP contribution in [0.4, 0.5) is 5.69 Å². The predicted molar refractivity (Wildman–Crippen MR) is 115 cm³/mol. The van der Waals surface area contributed by atoms with Crippen molar-refractivity contribution in [1.29, 1.82) is 0 Å². The number of carbonyl (C=O) groups is 1. The van der Waals surface area contributed by atoms with Crippen LogP contribution in [0.2, 0.25) is 0 Å². The van der Waals surface area contributed by atoms with E-state index in [1.165, 1.54) is 30.5 Å². The Bertz CT molecular complexity index is 1250. The summed E-state index contributed by atoms with van der Waals surface area (Å²) in [4.78, 5) is 19.0. The van der Waals surface area contributed by atoms with E-state index in [9.17, 15) is 13.2 Å². The van der Waals surface area contributed by atoms with Crippen LogP contribution in [0.5, 0.6) is 5.75 Å². The summed E-state index contributed by atoms with van der Waals surface area (Å²) in [6, 6.07) is 8.35. The van der Waals surface area contributed by atoms with Gasteiger partial charge in [-0.3, -0.25) is 4.79 Å². The number of pyridine rings is 1. The molecule has 1 amide bonds. The second-order valence-corrected chi connectivity index (χ2v) is 8.93. The van der Waals surface area contributed by atoms with Gasteiger partial charge in [-0.2, -0.15) is 4.31 Å². The van der Waals surface area contributed by atoms with Crippen molar-refractivity contribution in [1.82, 2.24) is 14.3 Å². The Morgan fingerprint density at radius 3 is 2.83 bits per heavy atom. The number of sulfonamides is 1. The molecule has 0 saturated heterocycles. The number of aromatic amines is 1. The number of nitrogens with zero attached hydrogens (tertiary/aromatic N) is 2. The van der Waals surface area contributed by atoms with Crippen molar-refractivity contribution < 1.29 is 17.9 Å². The van der Waals surface area contributed by atoms with Crippen LogP contribution in [0, 0.1) is 0 Å². The molecular formula is C21H22N4O4S. The summed E-state index contributed by atoms with van der Waals surface area (Å²) >= 11 is 0. The molecule has 3 aromatic rings. The number of amides is 1. The zero-order chi connectivity index (χ0) is 21.3. The molecule has 0 unspecified atom stereocenters. The zero-order valence-corrected chi connectivity index (χ0v) is 17.5. The number of carbonyl (C=O) groups excluding carboxylic acids is 1. The molecule has 1 aromatic carbocycles. The minimum atomic E-state index is -3.72. The average Bonchev–Trinajstić information content (AvgIpc) is 3.17. The van der Waals surface area contributed by atoms with Crippen molar-refractivity contribution in [2.24, 2.45) is 0 Å². The molecule has 3 heterocycles. The Kier molecular flexibility index (Phi) is 5.31. The summed E-state index contributed by atoms with van der Waals surface area (Å²) in [6.45, 7) is 1.99. The molecule has 9 heteroatoms. The molecule has 0 bridgehead atoms. The van der Waals surface area contributed by atoms with Crippen molar-refractivity contribution >= 4 is 38.2 Å². The first-order chi connectivity index (χ1) is 14.4. The number of rotatable bonds is 5. The van der Waals surface area contributed by atoms with Crippen LogP contribution in [0.15, 0.2) is 53.7 Å². The topological polar surface area (TPSA) is 104 Å². The summed E-state index contributed by atoms with van der Waals surface area (Å²) in [5, 5.41) is 3.64. The van der Waals surface area contributed by atoms with E-state index in [0.29, 0.717) is 24.4 Å². The fraction of sp³-hybridized carbons (Fsp3) is 0.238. The zero-order valence-electron chi connectivity index (χ0n) is 16.7. The standard InChI is InChI=1S/C21H22N4O4S/c1-14(26)24-19-12-16(5-6-20(19)29-2)30(27,28)25-10-7-15(8-11-25)18-13-23-21-17(18)4-3-9-22-21/h3-7,9,12-13H,8,10-11H2,1-2H3,(H,22,23)(H,24,26). The predicted octanol–water partition coefficient (Wildman–Crippen LogP) is 3.01. The molecular weight excluding hydrogens is 404 g/mol. The largest absolute Gasteiger partial charge is 0.495 e. The Morgan fingerprint density at radius 2 is 2.13 bits per heavy atom. The molecule has 0 radical (unpaired) electrons. The molecule has 8 nitrogen and oxygen atoms in total. The van der Waals surface area contributed by atoms with Gasteiger partial charge in [-0.1, -0.05) is 6.08 Å². The fourth-order valence-corrected chi connectivity index (χ4v) is 5.03. The van der Waals surface area contributed by atoms with Gasteiger partial charge in [0.05, 0.1) is 17.7 Å². The minimum Gasteiger partial charge on any atom is -0.495 e. The van der Waals surface area contributed by atoms with Gasteiger partial charge < -0.3 is 15.0 Å². The summed E-state index contributed by atoms with van der Waals surface area (Å²) in [5.74, 6) is 0.0968. The monoisotopic (exact) mass is 426 g/mol. The maximum Gasteiger partial charge on any atom is 0.243 e. The molecule has 1 aliphatic heterocycles. The van der Waals surface area contributed by atoms with Crippen LogP contribution in [-0.4, -0.2) is 48.8 Å². The van der Waals surface area contributed by atoms with Gasteiger partial charge in [0.2, 0.25) is 15.9 Å². The number of benzene rings is 1. The molecule has 2 N–H and O–H groups in total. The van der Waals surface area contributed by atoms with Crippen molar-refractivity contribution in [3.8, 4) is 5.75 Å². The van der Waals surface area contributed by atoms with E-state index in [1.54, 1.807) is 12.3 Å². The molecule has 0 saturated carbocycles. The van der Waals surface area contributed by atoms with Crippen molar-refractivity contribution in [2.75, 3.05) is 25.5 Å². The summed E-state index contributed by atoms with van der Waals surface area (Å²) < 4.78 is 33.0. The van der Waals surface area contributed by atoms with Gasteiger partial charge in [0, 0.05) is 43.4 Å². The summed E-state index contributed by atoms with van der Waals surface area (Å²) in [7, 11) is -2.25. The first-order valence-electron chi connectivity index (χ1n) is 9.47. The first-order valence-corrected chi connectivity index (χ1v) is 10.9. The molecule has 0 spiro atoms. The number of nitrogens with one attached hydrogen (secondary N) is 2. The lowest BCUT2D eigenvalue weighted by atomic mass is 10.0. The van der Waals surface area contributed by atoms with E-state index >= 15 is 0 Å². The second kappa shape index (κ2) is 7.92. The number of hydrogen-bond acceptors (Lipinski definition) is 5. The van der Waals surface area contributed by atoms with E-state index in [1.807, 2.05) is 24.4 Å². The van der Waals surface area contributed by atoms with E-state index in [4.69, 9.17) is 4.74 Å². The number of anilines is 1. The lowest BCUT2D eigenvalue weighted by Crippen LogP contribution is -2.34. The highest BCUT2D eigenvalue weighted by Gasteiger charge is 2.28. The lowest BCUT2D eigenvalue weighted by Gasteiger charge is -2.26. The molecule has 0 fully saturated rings. The number of aromatic nitrogens is 2. The number of hydrogen-bond donors (Lipinski definition) is 2. The highest BCUT2D eigenvalue weighted by atomic mass is 32.2. The normalized spacial score (nSPS) is 15.1. The van der Waals surface area contributed by atoms with Gasteiger partial charge in [0.1, 0.15) is 11.4 Å². The van der Waals surface area contributed by atoms with E-state index in [-0.39, 0.29) is 17.3 Å². The number of ether oxygens (including phenoxy) is 1. The highest BCUT2D eigenvalue weighted by Crippen LogP contribution is 2.32. The van der Waals surface area contributed by atoms with Crippen LogP contribution in [-0.2, 0) is 14.8 Å². The molecule has 2 aromatic heterocycles. The third-order valence-electron chi connectivity index (χ3n) is 5.09. The smallest absolute Gasteiger partial charge is 0.243 e. The maximum atomic E-state index is 13.2. The third-order valence-corrected chi connectivity index (χ3v) is 6.95. The average molecular weight is 426 g/mol. The third kappa shape index (κ3) is 3.69. The number of H-pyrrole nitrogens is 1. The quantitative estimate of drug-likeness (QED) is 0.653. The van der Waals surface area contributed by atoms with Gasteiger partial charge in [0.15, 0.2) is 0 Å². The Balaban J connectivity index is 1.60. The second-order valence-electron chi connectivity index (χ2n) is 6.99. The Hall–Kier alpha value is -3.17. The van der Waals surface area contributed by atoms with Crippen LogP contribution in [0.25, 0.3) is 16.6 Å². The molecule has 4 rings (SSSR count). The van der Waals surface area contributed by atoms with Crippen molar-refractivity contribution in [3.05, 3.63) is 54.4 Å². The minimum absolute atomic E-state index is 0.111. The lowest BCUT2D eigenvalue weighted by molar-refractivity contribution is -0.114. The molecule has 0 aliphatic carbocycles. The van der Waals surface area contributed by atoms with E-state index in [2.05, 4.69) is 15.3 Å². The molecule has 156 valence electrons. The summed E-state index contributed by atoms with van der Waals surface area (Å²) in [5.41, 5.74) is 3.28. The van der Waals surface area contributed by atoms with Crippen molar-refractivity contribution in [2.45, 2.75) is 18.2 Å². The van der Waals surface area contributed by atoms with Gasteiger partial charge in [-0.15, -0.1) is 0 Å². The van der Waals surface area contributed by atoms with E-state index < -0.39 is 10.0 Å². The van der Waals surface area contributed by atoms with Gasteiger partial charge in [-0.25, -0.2) is 13.4 Å². The van der Waals surface area contributed by atoms with Crippen LogP contribution in [0.1, 0.15) is 18.9 Å². The summed E-state index contributed by atoms with van der Waals surface area (Å²) in [6.07, 6.45) is 6.18. The fourth-order valence-electron chi connectivity index (χ4n) is 3.62. The molecule has 0 atom stereocenters. The van der Waals surface area contributed by atoms with Gasteiger partial charge in [-0.05, 0) is 42.3 Å². The van der Waals surface area contributed by atoms with Crippen LogP contribution >= 0.6 is 0 Å². The van der Waals surface area contributed by atoms with Crippen molar-refractivity contribution in [3.63, 3.8) is 0 Å². The number of fused-ring (bicyclic) bond motifs is 1. The first kappa shape index (κ1) is 20.1. The van der Waals surface area contributed by atoms with Crippen LogP contribution in [0.3, 0.4) is 0 Å². The maximum absolute atomic E-state index is 13.2. The highest BCUT2D eigenvalue weighted by molar-refractivity contribution is 7.89. The Morgan fingerprint density at radius 1 is 1.30 bits per heavy atom. The Labute approximate surface area is 174 Å². The SMILES string of the molecule is COc1ccc(S(=O)(=O)N2CC=C(c3c[nH]c4ncccc34)CC2)cc1NC(C)=O.